The van der Waals surface area contributed by atoms with Crippen molar-refractivity contribution in [3.05, 3.63) is 0 Å². The summed E-state index contributed by atoms with van der Waals surface area (Å²) in [6, 6.07) is 0. The molecule has 0 fully saturated rings. The van der Waals surface area contributed by atoms with Gasteiger partial charge in [0.25, 0.3) is 0 Å². The minimum atomic E-state index is 0.648. The summed E-state index contributed by atoms with van der Waals surface area (Å²) in [7, 11) is 1.74. The standard InChI is InChI=1S/C9H21NO/c1-8(2)6-9(7-10)4-5-11-3/h8-9H,4-7,10H2,1-3H3. The Morgan fingerprint density at radius 2 is 2.00 bits per heavy atom. The Hall–Kier alpha value is -0.0800. The molecule has 1 atom stereocenters. The molecule has 0 saturated carbocycles. The van der Waals surface area contributed by atoms with Gasteiger partial charge in [-0.2, -0.15) is 0 Å². The number of hydrogen-bond acceptors (Lipinski definition) is 2. The van der Waals surface area contributed by atoms with E-state index in [2.05, 4.69) is 13.8 Å². The van der Waals surface area contributed by atoms with E-state index in [1.54, 1.807) is 7.11 Å². The first-order chi connectivity index (χ1) is 5.20. The second-order valence-corrected chi connectivity index (χ2v) is 3.51. The van der Waals surface area contributed by atoms with Gasteiger partial charge in [-0.05, 0) is 31.2 Å². The van der Waals surface area contributed by atoms with Gasteiger partial charge in [-0.25, -0.2) is 0 Å². The molecule has 0 aliphatic carbocycles. The minimum Gasteiger partial charge on any atom is -0.385 e. The summed E-state index contributed by atoms with van der Waals surface area (Å²) in [5, 5.41) is 0. The Kier molecular flexibility index (Phi) is 6.57. The van der Waals surface area contributed by atoms with Crippen molar-refractivity contribution >= 4 is 0 Å². The van der Waals surface area contributed by atoms with Crippen LogP contribution in [0.1, 0.15) is 26.7 Å². The van der Waals surface area contributed by atoms with Crippen molar-refractivity contribution in [1.29, 1.82) is 0 Å². The maximum Gasteiger partial charge on any atom is 0.0465 e. The highest BCUT2D eigenvalue weighted by atomic mass is 16.5. The van der Waals surface area contributed by atoms with E-state index < -0.39 is 0 Å². The highest BCUT2D eigenvalue weighted by molar-refractivity contribution is 4.61. The average molecular weight is 159 g/mol. The fraction of sp³-hybridized carbons (Fsp3) is 1.00. The number of nitrogens with two attached hydrogens (primary N) is 1. The molecular weight excluding hydrogens is 138 g/mol. The molecule has 0 aliphatic rings. The lowest BCUT2D eigenvalue weighted by atomic mass is 9.95. The van der Waals surface area contributed by atoms with E-state index in [4.69, 9.17) is 10.5 Å². The van der Waals surface area contributed by atoms with Crippen molar-refractivity contribution in [2.24, 2.45) is 17.6 Å². The van der Waals surface area contributed by atoms with E-state index in [-0.39, 0.29) is 0 Å². The Morgan fingerprint density at radius 3 is 2.36 bits per heavy atom. The van der Waals surface area contributed by atoms with Gasteiger partial charge in [-0.1, -0.05) is 13.8 Å². The van der Waals surface area contributed by atoms with Gasteiger partial charge in [0.2, 0.25) is 0 Å². The molecule has 0 heterocycles. The van der Waals surface area contributed by atoms with Gasteiger partial charge >= 0.3 is 0 Å². The molecule has 0 aromatic heterocycles. The van der Waals surface area contributed by atoms with Crippen molar-refractivity contribution in [2.45, 2.75) is 26.7 Å². The van der Waals surface area contributed by atoms with Gasteiger partial charge in [0, 0.05) is 13.7 Å². The smallest absolute Gasteiger partial charge is 0.0465 e. The first-order valence-corrected chi connectivity index (χ1v) is 4.39. The van der Waals surface area contributed by atoms with Crippen LogP contribution in [0.2, 0.25) is 0 Å². The van der Waals surface area contributed by atoms with Crippen LogP contribution in [-0.4, -0.2) is 20.3 Å². The maximum atomic E-state index is 5.61. The molecule has 1 unspecified atom stereocenters. The topological polar surface area (TPSA) is 35.2 Å². The van der Waals surface area contributed by atoms with E-state index >= 15 is 0 Å². The van der Waals surface area contributed by atoms with Crippen LogP contribution in [-0.2, 0) is 4.74 Å². The lowest BCUT2D eigenvalue weighted by molar-refractivity contribution is 0.173. The Bertz CT molecular complexity index is 83.6. The summed E-state index contributed by atoms with van der Waals surface area (Å²) in [4.78, 5) is 0. The summed E-state index contributed by atoms with van der Waals surface area (Å²) in [5.41, 5.74) is 5.61. The Labute approximate surface area is 70.1 Å². The van der Waals surface area contributed by atoms with Crippen LogP contribution in [0.15, 0.2) is 0 Å². The van der Waals surface area contributed by atoms with Crippen LogP contribution in [0.4, 0.5) is 0 Å². The highest BCUT2D eigenvalue weighted by Gasteiger charge is 2.07. The largest absolute Gasteiger partial charge is 0.385 e. The van der Waals surface area contributed by atoms with Gasteiger partial charge in [-0.15, -0.1) is 0 Å². The van der Waals surface area contributed by atoms with Crippen LogP contribution < -0.4 is 5.73 Å². The third-order valence-electron chi connectivity index (χ3n) is 1.87. The molecule has 11 heavy (non-hydrogen) atoms. The summed E-state index contributed by atoms with van der Waals surface area (Å²) in [5.74, 6) is 1.40. The molecule has 0 spiro atoms. The van der Waals surface area contributed by atoms with Crippen molar-refractivity contribution in [3.8, 4) is 0 Å². The van der Waals surface area contributed by atoms with Crippen LogP contribution in [0.25, 0.3) is 0 Å². The molecule has 68 valence electrons. The number of rotatable bonds is 6. The quantitative estimate of drug-likeness (QED) is 0.639. The molecule has 0 aromatic rings. The Morgan fingerprint density at radius 1 is 1.36 bits per heavy atom. The highest BCUT2D eigenvalue weighted by Crippen LogP contribution is 2.13. The second-order valence-electron chi connectivity index (χ2n) is 3.51. The molecule has 0 saturated heterocycles. The maximum absolute atomic E-state index is 5.61. The lowest BCUT2D eigenvalue weighted by Crippen LogP contribution is -2.18. The molecule has 0 bridgehead atoms. The zero-order chi connectivity index (χ0) is 8.69. The van der Waals surface area contributed by atoms with Crippen molar-refractivity contribution < 1.29 is 4.74 Å². The number of hydrogen-bond donors (Lipinski definition) is 1. The van der Waals surface area contributed by atoms with Crippen LogP contribution in [0, 0.1) is 11.8 Å². The van der Waals surface area contributed by atoms with Gasteiger partial charge in [0.15, 0.2) is 0 Å². The molecule has 2 nitrogen and oxygen atoms in total. The van der Waals surface area contributed by atoms with Crippen molar-refractivity contribution in [3.63, 3.8) is 0 Å². The third kappa shape index (κ3) is 6.32. The van der Waals surface area contributed by atoms with Crippen molar-refractivity contribution in [2.75, 3.05) is 20.3 Å². The minimum absolute atomic E-state index is 0.648. The molecule has 0 amide bonds. The molecule has 0 aliphatic heterocycles. The normalized spacial score (nSPS) is 13.9. The molecule has 2 N–H and O–H groups in total. The third-order valence-corrected chi connectivity index (χ3v) is 1.87. The number of methoxy groups -OCH3 is 1. The van der Waals surface area contributed by atoms with Crippen molar-refractivity contribution in [1.82, 2.24) is 0 Å². The van der Waals surface area contributed by atoms with Gasteiger partial charge < -0.3 is 10.5 Å². The zero-order valence-corrected chi connectivity index (χ0v) is 7.97. The Balaban J connectivity index is 3.41. The zero-order valence-electron chi connectivity index (χ0n) is 7.97. The monoisotopic (exact) mass is 159 g/mol. The first-order valence-electron chi connectivity index (χ1n) is 4.39. The molecule has 0 rings (SSSR count). The number of ether oxygens (including phenoxy) is 1. The van der Waals surface area contributed by atoms with Gasteiger partial charge in [0.05, 0.1) is 0 Å². The van der Waals surface area contributed by atoms with E-state index in [0.29, 0.717) is 5.92 Å². The lowest BCUT2D eigenvalue weighted by Gasteiger charge is -2.15. The van der Waals surface area contributed by atoms with Crippen LogP contribution >= 0.6 is 0 Å². The summed E-state index contributed by atoms with van der Waals surface area (Å²) in [6.07, 6.45) is 2.32. The summed E-state index contributed by atoms with van der Waals surface area (Å²) < 4.78 is 5.00. The molecule has 0 radical (unpaired) electrons. The predicted molar refractivity (Wildman–Crippen MR) is 48.5 cm³/mol. The van der Waals surface area contributed by atoms with E-state index in [1.807, 2.05) is 0 Å². The van der Waals surface area contributed by atoms with Crippen LogP contribution in [0.3, 0.4) is 0 Å². The van der Waals surface area contributed by atoms with Gasteiger partial charge in [0.1, 0.15) is 0 Å². The molecule has 2 heteroatoms. The molecular formula is C9H21NO. The summed E-state index contributed by atoms with van der Waals surface area (Å²) >= 11 is 0. The van der Waals surface area contributed by atoms with Gasteiger partial charge in [-0.3, -0.25) is 0 Å². The second kappa shape index (κ2) is 6.62. The van der Waals surface area contributed by atoms with E-state index in [0.717, 1.165) is 25.5 Å². The first kappa shape index (κ1) is 10.9. The predicted octanol–water partition coefficient (Wildman–Crippen LogP) is 1.64. The van der Waals surface area contributed by atoms with Crippen LogP contribution in [0.5, 0.6) is 0 Å². The molecule has 0 aromatic carbocycles. The van der Waals surface area contributed by atoms with E-state index in [9.17, 15) is 0 Å². The SMILES string of the molecule is COCCC(CN)CC(C)C. The fourth-order valence-electron chi connectivity index (χ4n) is 1.28. The average Bonchev–Trinajstić information content (AvgIpc) is 1.97. The summed E-state index contributed by atoms with van der Waals surface area (Å²) in [6.45, 7) is 6.10. The van der Waals surface area contributed by atoms with E-state index in [1.165, 1.54) is 6.42 Å². The fourth-order valence-corrected chi connectivity index (χ4v) is 1.28.